The molecule has 0 spiro atoms. The van der Waals surface area contributed by atoms with Crippen LogP contribution in [0.2, 0.25) is 0 Å². The zero-order chi connectivity index (χ0) is 13.0. The monoisotopic (exact) mass is 238 g/mol. The summed E-state index contributed by atoms with van der Waals surface area (Å²) in [4.78, 5) is 12.0. The molecule has 0 amide bonds. The molecule has 1 nitrogen and oxygen atoms in total. The number of rotatable bonds is 4. The van der Waals surface area contributed by atoms with Crippen molar-refractivity contribution in [1.29, 1.82) is 0 Å². The topological polar surface area (TPSA) is 17.1 Å². The molecule has 0 aliphatic rings. The third-order valence-corrected chi connectivity index (χ3v) is 3.43. The van der Waals surface area contributed by atoms with Gasteiger partial charge in [0, 0.05) is 12.0 Å². The molecule has 0 heterocycles. The van der Waals surface area contributed by atoms with Crippen molar-refractivity contribution in [2.75, 3.05) is 0 Å². The fourth-order valence-electron chi connectivity index (χ4n) is 2.10. The Hall–Kier alpha value is -1.89. The van der Waals surface area contributed by atoms with Crippen LogP contribution in [0.15, 0.2) is 48.5 Å². The molecule has 0 saturated carbocycles. The van der Waals surface area contributed by atoms with Crippen molar-refractivity contribution in [2.24, 2.45) is 0 Å². The van der Waals surface area contributed by atoms with E-state index < -0.39 is 0 Å². The molecular formula is C17H18O. The summed E-state index contributed by atoms with van der Waals surface area (Å²) in [6.07, 6.45) is 1.40. The van der Waals surface area contributed by atoms with E-state index in [9.17, 15) is 4.79 Å². The summed E-state index contributed by atoms with van der Waals surface area (Å²) in [5.74, 6) is 0.219. The van der Waals surface area contributed by atoms with Crippen molar-refractivity contribution in [2.45, 2.75) is 26.7 Å². The number of Topliss-reactive ketones (excluding diaryl/α,β-unsaturated/α-hetero) is 1. The van der Waals surface area contributed by atoms with Crippen LogP contribution in [0.4, 0.5) is 0 Å². The molecule has 2 aromatic rings. The van der Waals surface area contributed by atoms with E-state index >= 15 is 0 Å². The zero-order valence-corrected chi connectivity index (χ0v) is 10.9. The van der Waals surface area contributed by atoms with Crippen molar-refractivity contribution in [3.8, 4) is 0 Å². The van der Waals surface area contributed by atoms with Gasteiger partial charge in [-0.2, -0.15) is 0 Å². The van der Waals surface area contributed by atoms with Gasteiger partial charge in [0.1, 0.15) is 0 Å². The quantitative estimate of drug-likeness (QED) is 0.732. The number of benzene rings is 2. The van der Waals surface area contributed by atoms with Gasteiger partial charge < -0.3 is 0 Å². The highest BCUT2D eigenvalue weighted by atomic mass is 16.1. The molecule has 0 N–H and O–H groups in total. The smallest absolute Gasteiger partial charge is 0.163 e. The molecule has 0 unspecified atom stereocenters. The predicted octanol–water partition coefficient (Wildman–Crippen LogP) is 4.12. The van der Waals surface area contributed by atoms with E-state index in [4.69, 9.17) is 0 Å². The maximum Gasteiger partial charge on any atom is 0.163 e. The second-order valence-electron chi connectivity index (χ2n) is 4.65. The first-order valence-electron chi connectivity index (χ1n) is 6.32. The molecule has 1 heteroatoms. The molecular weight excluding hydrogens is 220 g/mol. The fraction of sp³-hybridized carbons (Fsp3) is 0.235. The summed E-state index contributed by atoms with van der Waals surface area (Å²) in [6.45, 7) is 4.23. The Kier molecular flexibility index (Phi) is 3.93. The van der Waals surface area contributed by atoms with Gasteiger partial charge in [0.05, 0.1) is 0 Å². The normalized spacial score (nSPS) is 10.3. The molecule has 0 saturated heterocycles. The minimum absolute atomic E-state index is 0.219. The van der Waals surface area contributed by atoms with Crippen molar-refractivity contribution < 1.29 is 4.79 Å². The summed E-state index contributed by atoms with van der Waals surface area (Å²) in [5.41, 5.74) is 4.68. The van der Waals surface area contributed by atoms with Gasteiger partial charge in [-0.05, 0) is 37.0 Å². The van der Waals surface area contributed by atoms with Gasteiger partial charge in [-0.1, -0.05) is 48.5 Å². The van der Waals surface area contributed by atoms with E-state index in [2.05, 4.69) is 32.0 Å². The number of ketones is 1. The Morgan fingerprint density at radius 1 is 0.944 bits per heavy atom. The molecule has 0 aliphatic heterocycles. The van der Waals surface area contributed by atoms with Gasteiger partial charge in [-0.3, -0.25) is 4.79 Å². The first-order valence-corrected chi connectivity index (χ1v) is 6.32. The van der Waals surface area contributed by atoms with E-state index in [0.29, 0.717) is 6.42 Å². The molecule has 0 aliphatic carbocycles. The first kappa shape index (κ1) is 12.6. The second kappa shape index (κ2) is 5.63. The molecule has 2 aromatic carbocycles. The maximum atomic E-state index is 12.0. The molecule has 18 heavy (non-hydrogen) atoms. The summed E-state index contributed by atoms with van der Waals surface area (Å²) in [7, 11) is 0. The standard InChI is InChI=1S/C17H18O/c1-13-7-6-10-15(14(13)2)11-12-17(18)16-8-4-3-5-9-16/h3-10H,11-12H2,1-2H3. The Balaban J connectivity index is 2.04. The summed E-state index contributed by atoms with van der Waals surface area (Å²) >= 11 is 0. The Morgan fingerprint density at radius 2 is 1.67 bits per heavy atom. The third kappa shape index (κ3) is 2.86. The molecule has 0 atom stereocenters. The van der Waals surface area contributed by atoms with Crippen LogP contribution >= 0.6 is 0 Å². The van der Waals surface area contributed by atoms with Crippen LogP contribution in [-0.4, -0.2) is 5.78 Å². The van der Waals surface area contributed by atoms with Gasteiger partial charge in [0.15, 0.2) is 5.78 Å². The Labute approximate surface area is 108 Å². The van der Waals surface area contributed by atoms with E-state index in [1.165, 1.54) is 16.7 Å². The maximum absolute atomic E-state index is 12.0. The van der Waals surface area contributed by atoms with Crippen molar-refractivity contribution in [3.63, 3.8) is 0 Å². The average Bonchev–Trinajstić information content (AvgIpc) is 2.41. The zero-order valence-electron chi connectivity index (χ0n) is 10.9. The minimum Gasteiger partial charge on any atom is -0.294 e. The van der Waals surface area contributed by atoms with Crippen LogP contribution in [0.25, 0.3) is 0 Å². The first-order chi connectivity index (χ1) is 8.68. The average molecular weight is 238 g/mol. The molecule has 0 aromatic heterocycles. The predicted molar refractivity (Wildman–Crippen MR) is 75.0 cm³/mol. The van der Waals surface area contributed by atoms with E-state index in [1.54, 1.807) is 0 Å². The lowest BCUT2D eigenvalue weighted by Crippen LogP contribution is -2.02. The second-order valence-corrected chi connectivity index (χ2v) is 4.65. The van der Waals surface area contributed by atoms with Gasteiger partial charge in [-0.25, -0.2) is 0 Å². The van der Waals surface area contributed by atoms with Crippen molar-refractivity contribution >= 4 is 5.78 Å². The summed E-state index contributed by atoms with van der Waals surface area (Å²) in [5, 5.41) is 0. The largest absolute Gasteiger partial charge is 0.294 e. The van der Waals surface area contributed by atoms with Crippen LogP contribution in [0.1, 0.15) is 33.5 Å². The lowest BCUT2D eigenvalue weighted by atomic mass is 9.97. The summed E-state index contributed by atoms with van der Waals surface area (Å²) < 4.78 is 0. The molecule has 0 fully saturated rings. The number of carbonyl (C=O) groups excluding carboxylic acids is 1. The van der Waals surface area contributed by atoms with Crippen LogP contribution in [0, 0.1) is 13.8 Å². The van der Waals surface area contributed by atoms with Crippen molar-refractivity contribution in [1.82, 2.24) is 0 Å². The molecule has 92 valence electrons. The fourth-order valence-corrected chi connectivity index (χ4v) is 2.10. The highest BCUT2D eigenvalue weighted by molar-refractivity contribution is 5.96. The van der Waals surface area contributed by atoms with Crippen molar-refractivity contribution in [3.05, 3.63) is 70.8 Å². The highest BCUT2D eigenvalue weighted by Crippen LogP contribution is 2.15. The van der Waals surface area contributed by atoms with Gasteiger partial charge in [-0.15, -0.1) is 0 Å². The minimum atomic E-state index is 0.219. The number of hydrogen-bond acceptors (Lipinski definition) is 1. The Morgan fingerprint density at radius 3 is 2.39 bits per heavy atom. The highest BCUT2D eigenvalue weighted by Gasteiger charge is 2.07. The van der Waals surface area contributed by atoms with Crippen LogP contribution < -0.4 is 0 Å². The van der Waals surface area contributed by atoms with E-state index in [-0.39, 0.29) is 5.78 Å². The molecule has 0 bridgehead atoms. The SMILES string of the molecule is Cc1cccc(CCC(=O)c2ccccc2)c1C. The summed E-state index contributed by atoms with van der Waals surface area (Å²) in [6, 6.07) is 15.8. The van der Waals surface area contributed by atoms with Gasteiger partial charge >= 0.3 is 0 Å². The van der Waals surface area contributed by atoms with Crippen LogP contribution in [0.3, 0.4) is 0 Å². The molecule has 0 radical (unpaired) electrons. The van der Waals surface area contributed by atoms with Crippen LogP contribution in [0.5, 0.6) is 0 Å². The number of hydrogen-bond donors (Lipinski definition) is 0. The number of aryl methyl sites for hydroxylation is 2. The van der Waals surface area contributed by atoms with Crippen LogP contribution in [-0.2, 0) is 6.42 Å². The number of carbonyl (C=O) groups is 1. The van der Waals surface area contributed by atoms with E-state index in [0.717, 1.165) is 12.0 Å². The Bertz CT molecular complexity index is 541. The van der Waals surface area contributed by atoms with Gasteiger partial charge in [0.2, 0.25) is 0 Å². The third-order valence-electron chi connectivity index (χ3n) is 3.43. The van der Waals surface area contributed by atoms with E-state index in [1.807, 2.05) is 30.3 Å². The lowest BCUT2D eigenvalue weighted by molar-refractivity contribution is 0.0983. The molecule has 2 rings (SSSR count). The van der Waals surface area contributed by atoms with Gasteiger partial charge in [0.25, 0.3) is 0 Å². The lowest BCUT2D eigenvalue weighted by Gasteiger charge is -2.08.